The lowest BCUT2D eigenvalue weighted by atomic mass is 10.2. The number of fused-ring (bicyclic) bond motifs is 1. The maximum absolute atomic E-state index is 11.2. The van der Waals surface area contributed by atoms with Gasteiger partial charge in [0.1, 0.15) is 12.4 Å². The highest BCUT2D eigenvalue weighted by Crippen LogP contribution is 2.25. The number of nitrogens with zero attached hydrogens (tertiary/aromatic N) is 2. The molecule has 0 fully saturated rings. The number of benzene rings is 1. The lowest BCUT2D eigenvalue weighted by molar-refractivity contribution is 0.262. The van der Waals surface area contributed by atoms with E-state index in [4.69, 9.17) is 5.73 Å². The van der Waals surface area contributed by atoms with Crippen LogP contribution >= 0.6 is 0 Å². The van der Waals surface area contributed by atoms with Gasteiger partial charge in [0.25, 0.3) is 0 Å². The van der Waals surface area contributed by atoms with E-state index in [1.54, 1.807) is 12.3 Å². The minimum atomic E-state index is -0.810. The molecule has 1 aromatic carbocycles. The second-order valence-corrected chi connectivity index (χ2v) is 6.27. The van der Waals surface area contributed by atoms with Crippen molar-refractivity contribution >= 4 is 27.5 Å². The van der Waals surface area contributed by atoms with Crippen LogP contribution in [0.4, 0.5) is 5.69 Å². The molecule has 2 rings (SSSR count). The minimum Gasteiger partial charge on any atom is -0.399 e. The van der Waals surface area contributed by atoms with Crippen LogP contribution in [0, 0.1) is 0 Å². The summed E-state index contributed by atoms with van der Waals surface area (Å²) in [6.07, 6.45) is 2.48. The van der Waals surface area contributed by atoms with Gasteiger partial charge in [-0.05, 0) is 31.5 Å². The van der Waals surface area contributed by atoms with Gasteiger partial charge in [0.15, 0.2) is 0 Å². The summed E-state index contributed by atoms with van der Waals surface area (Å²) in [5, 5.41) is 9.44. The van der Waals surface area contributed by atoms with Crippen LogP contribution in [0.15, 0.2) is 18.2 Å². The molecule has 2 atom stereocenters. The van der Waals surface area contributed by atoms with Gasteiger partial charge in [0.2, 0.25) is 0 Å². The van der Waals surface area contributed by atoms with E-state index >= 15 is 0 Å². The number of rotatable bonds is 5. The van der Waals surface area contributed by atoms with Crippen molar-refractivity contribution in [1.29, 1.82) is 0 Å². The van der Waals surface area contributed by atoms with E-state index in [1.165, 1.54) is 0 Å². The Kier molecular flexibility index (Phi) is 4.21. The maximum Gasteiger partial charge on any atom is 0.135 e. The topological polar surface area (TPSA) is 81.1 Å². The van der Waals surface area contributed by atoms with Crippen molar-refractivity contribution in [3.8, 4) is 0 Å². The highest BCUT2D eigenvalue weighted by molar-refractivity contribution is 7.84. The summed E-state index contributed by atoms with van der Waals surface area (Å²) in [5.74, 6) is 1.26. The van der Waals surface area contributed by atoms with Crippen LogP contribution in [0.25, 0.3) is 11.0 Å². The molecule has 0 radical (unpaired) electrons. The van der Waals surface area contributed by atoms with E-state index < -0.39 is 10.8 Å². The number of aliphatic hydroxyl groups excluding tert-OH is 1. The maximum atomic E-state index is 11.2. The van der Waals surface area contributed by atoms with E-state index in [2.05, 4.69) is 4.98 Å². The van der Waals surface area contributed by atoms with E-state index in [-0.39, 0.29) is 12.6 Å². The van der Waals surface area contributed by atoms with Crippen molar-refractivity contribution in [1.82, 2.24) is 9.55 Å². The smallest absolute Gasteiger partial charge is 0.135 e. The molecule has 0 bridgehead atoms. The summed E-state index contributed by atoms with van der Waals surface area (Å²) in [6.45, 7) is 1.93. The highest BCUT2D eigenvalue weighted by Gasteiger charge is 2.15. The average molecular weight is 281 g/mol. The monoisotopic (exact) mass is 281 g/mol. The van der Waals surface area contributed by atoms with E-state index in [9.17, 15) is 9.32 Å². The van der Waals surface area contributed by atoms with E-state index in [1.807, 2.05) is 23.6 Å². The predicted molar refractivity (Wildman–Crippen MR) is 78.3 cm³/mol. The first-order chi connectivity index (χ1) is 9.02. The summed E-state index contributed by atoms with van der Waals surface area (Å²) in [7, 11) is -0.810. The predicted octanol–water partition coefficient (Wildman–Crippen LogP) is 1.44. The van der Waals surface area contributed by atoms with Gasteiger partial charge in [0.05, 0.1) is 11.0 Å². The Bertz CT molecular complexity index is 609. The molecule has 0 spiro atoms. The largest absolute Gasteiger partial charge is 0.399 e. The molecule has 5 nitrogen and oxygen atoms in total. The second kappa shape index (κ2) is 5.71. The van der Waals surface area contributed by atoms with Crippen LogP contribution in [0.3, 0.4) is 0 Å². The van der Waals surface area contributed by atoms with Gasteiger partial charge in [-0.25, -0.2) is 4.98 Å². The molecule has 6 heteroatoms. The summed E-state index contributed by atoms with van der Waals surface area (Å²) < 4.78 is 13.2. The Morgan fingerprint density at radius 2 is 2.26 bits per heavy atom. The lowest BCUT2D eigenvalue weighted by Crippen LogP contribution is -2.12. The quantitative estimate of drug-likeness (QED) is 0.813. The Hall–Kier alpha value is -1.40. The first-order valence-electron chi connectivity index (χ1n) is 6.20. The molecular formula is C13H19N3O2S. The highest BCUT2D eigenvalue weighted by atomic mass is 32.2. The van der Waals surface area contributed by atoms with Crippen LogP contribution in [0.5, 0.6) is 0 Å². The number of hydrogen-bond acceptors (Lipinski definition) is 4. The average Bonchev–Trinajstić information content (AvgIpc) is 2.73. The third kappa shape index (κ3) is 2.96. The molecule has 0 aliphatic heterocycles. The molecule has 0 aliphatic carbocycles. The number of aromatic nitrogens is 2. The van der Waals surface area contributed by atoms with Gasteiger partial charge in [-0.2, -0.15) is 0 Å². The molecule has 104 valence electrons. The first kappa shape index (κ1) is 14.0. The Morgan fingerprint density at radius 1 is 1.53 bits per heavy atom. The van der Waals surface area contributed by atoms with Gasteiger partial charge in [-0.1, -0.05) is 0 Å². The zero-order valence-corrected chi connectivity index (χ0v) is 12.0. The normalized spacial score (nSPS) is 14.7. The van der Waals surface area contributed by atoms with E-state index in [0.29, 0.717) is 17.3 Å². The van der Waals surface area contributed by atoms with Crippen LogP contribution < -0.4 is 5.73 Å². The molecule has 1 heterocycles. The van der Waals surface area contributed by atoms with Crippen molar-refractivity contribution in [3.05, 3.63) is 24.0 Å². The van der Waals surface area contributed by atoms with Gasteiger partial charge < -0.3 is 15.4 Å². The summed E-state index contributed by atoms with van der Waals surface area (Å²) in [4.78, 5) is 4.40. The van der Waals surface area contributed by atoms with Crippen molar-refractivity contribution < 1.29 is 9.32 Å². The second-order valence-electron chi connectivity index (χ2n) is 4.72. The van der Waals surface area contributed by atoms with Crippen molar-refractivity contribution in [2.75, 3.05) is 17.7 Å². The fourth-order valence-corrected chi connectivity index (χ4v) is 2.91. The molecular weight excluding hydrogens is 262 g/mol. The molecule has 0 saturated heterocycles. The number of nitrogens with two attached hydrogens (primary N) is 1. The molecule has 3 N–H and O–H groups in total. The first-order valence-corrected chi connectivity index (χ1v) is 7.93. The summed E-state index contributed by atoms with van der Waals surface area (Å²) in [5.41, 5.74) is 8.14. The number of hydrogen-bond donors (Lipinski definition) is 2. The summed E-state index contributed by atoms with van der Waals surface area (Å²) in [6, 6.07) is 5.68. The molecule has 19 heavy (non-hydrogen) atoms. The van der Waals surface area contributed by atoms with Gasteiger partial charge in [-0.15, -0.1) is 0 Å². The third-order valence-electron chi connectivity index (χ3n) is 3.19. The lowest BCUT2D eigenvalue weighted by Gasteiger charge is -2.16. The Labute approximate surface area is 114 Å². The zero-order chi connectivity index (χ0) is 14.0. The van der Waals surface area contributed by atoms with Crippen LogP contribution in [0.1, 0.15) is 25.2 Å². The van der Waals surface area contributed by atoms with E-state index in [0.717, 1.165) is 17.5 Å². The Morgan fingerprint density at radius 3 is 2.89 bits per heavy atom. The van der Waals surface area contributed by atoms with Crippen molar-refractivity contribution in [2.45, 2.75) is 26.0 Å². The fraction of sp³-hybridized carbons (Fsp3) is 0.462. The van der Waals surface area contributed by atoms with Gasteiger partial charge >= 0.3 is 0 Å². The Balaban J connectivity index is 2.42. The van der Waals surface area contributed by atoms with Crippen LogP contribution in [-0.2, 0) is 17.4 Å². The third-order valence-corrected chi connectivity index (χ3v) is 4.00. The number of anilines is 1. The zero-order valence-electron chi connectivity index (χ0n) is 11.2. The molecule has 2 unspecified atom stereocenters. The molecule has 1 aromatic heterocycles. The van der Waals surface area contributed by atoms with Crippen LogP contribution in [-0.4, -0.2) is 30.9 Å². The number of aliphatic hydroxyl groups is 1. The van der Waals surface area contributed by atoms with Crippen molar-refractivity contribution in [2.24, 2.45) is 0 Å². The van der Waals surface area contributed by atoms with Gasteiger partial charge in [0, 0.05) is 34.5 Å². The molecule has 0 amide bonds. The van der Waals surface area contributed by atoms with Gasteiger partial charge in [-0.3, -0.25) is 4.21 Å². The molecule has 0 saturated carbocycles. The fourth-order valence-electron chi connectivity index (χ4n) is 2.23. The standard InChI is InChI=1S/C13H19N3O2S/c1-9(5-6-19(2)18)16-12-4-3-10(14)7-11(12)15-13(16)8-17/h3-4,7,9,17H,5-6,8,14H2,1-2H3. The molecule has 0 aliphatic rings. The number of nitrogen functional groups attached to an aromatic ring is 1. The van der Waals surface area contributed by atoms with Crippen molar-refractivity contribution in [3.63, 3.8) is 0 Å². The van der Waals surface area contributed by atoms with Crippen LogP contribution in [0.2, 0.25) is 0 Å². The minimum absolute atomic E-state index is 0.117. The molecule has 2 aromatic rings. The summed E-state index contributed by atoms with van der Waals surface area (Å²) >= 11 is 0. The number of imidazole rings is 1. The SMILES string of the molecule is CC(CCS(C)=O)n1c(CO)nc2cc(N)ccc21.